The lowest BCUT2D eigenvalue weighted by Gasteiger charge is -2.29. The summed E-state index contributed by atoms with van der Waals surface area (Å²) in [5.74, 6) is -1.62. The number of benzene rings is 2. The Labute approximate surface area is 188 Å². The Morgan fingerprint density at radius 2 is 1.81 bits per heavy atom. The van der Waals surface area contributed by atoms with Crippen molar-refractivity contribution in [2.75, 3.05) is 12.0 Å². The fourth-order valence-electron chi connectivity index (χ4n) is 3.31. The van der Waals surface area contributed by atoms with Crippen LogP contribution in [0.2, 0.25) is 0 Å². The number of anilines is 1. The first-order valence-electron chi connectivity index (χ1n) is 9.45. The van der Waals surface area contributed by atoms with E-state index in [2.05, 4.69) is 5.32 Å². The van der Waals surface area contributed by atoms with Crippen molar-refractivity contribution in [3.05, 3.63) is 83.7 Å². The van der Waals surface area contributed by atoms with Gasteiger partial charge in [0.15, 0.2) is 5.11 Å². The predicted molar refractivity (Wildman–Crippen MR) is 122 cm³/mol. The minimum Gasteiger partial charge on any atom is -0.497 e. The Morgan fingerprint density at radius 3 is 2.50 bits per heavy atom. The Kier molecular flexibility index (Phi) is 5.57. The van der Waals surface area contributed by atoms with Gasteiger partial charge in [-0.05, 0) is 72.9 Å². The molecular formula is C23H17N3O5S. The van der Waals surface area contributed by atoms with Crippen molar-refractivity contribution in [2.24, 2.45) is 0 Å². The molecule has 0 saturated carbocycles. The number of rotatable bonds is 5. The largest absolute Gasteiger partial charge is 0.497 e. The van der Waals surface area contributed by atoms with Gasteiger partial charge in [0, 0.05) is 17.6 Å². The number of hydrogen-bond donors (Lipinski definition) is 2. The molecule has 0 bridgehead atoms. The molecule has 0 aliphatic carbocycles. The molecule has 2 N–H and O–H groups in total. The van der Waals surface area contributed by atoms with E-state index in [0.717, 1.165) is 0 Å². The van der Waals surface area contributed by atoms with Gasteiger partial charge in [-0.3, -0.25) is 19.8 Å². The minimum absolute atomic E-state index is 0.0214. The highest BCUT2D eigenvalue weighted by Gasteiger charge is 2.34. The van der Waals surface area contributed by atoms with Crippen molar-refractivity contribution in [2.45, 2.75) is 0 Å². The first-order valence-corrected chi connectivity index (χ1v) is 9.86. The summed E-state index contributed by atoms with van der Waals surface area (Å²) in [5.41, 5.74) is 1.60. The maximum atomic E-state index is 13.2. The highest BCUT2D eigenvalue weighted by atomic mass is 32.1. The van der Waals surface area contributed by atoms with Gasteiger partial charge in [-0.15, -0.1) is 0 Å². The second-order valence-electron chi connectivity index (χ2n) is 6.81. The van der Waals surface area contributed by atoms with Crippen molar-refractivity contribution in [1.82, 2.24) is 9.88 Å². The van der Waals surface area contributed by atoms with Crippen molar-refractivity contribution in [1.29, 1.82) is 0 Å². The number of carboxylic acid groups (broad SMARTS) is 1. The third kappa shape index (κ3) is 3.88. The van der Waals surface area contributed by atoms with E-state index in [1.165, 1.54) is 30.2 Å². The smallest absolute Gasteiger partial charge is 0.335 e. The van der Waals surface area contributed by atoms with Gasteiger partial charge in [-0.1, -0.05) is 6.07 Å². The third-order valence-electron chi connectivity index (χ3n) is 4.88. The fraction of sp³-hybridized carbons (Fsp3) is 0.0435. The topological polar surface area (TPSA) is 101 Å². The van der Waals surface area contributed by atoms with Gasteiger partial charge in [0.05, 0.1) is 18.4 Å². The monoisotopic (exact) mass is 447 g/mol. The zero-order valence-corrected chi connectivity index (χ0v) is 17.6. The molecule has 8 nitrogen and oxygen atoms in total. The molecule has 0 atom stereocenters. The summed E-state index contributed by atoms with van der Waals surface area (Å²) in [4.78, 5) is 38.3. The Hall–Kier alpha value is -4.24. The van der Waals surface area contributed by atoms with Gasteiger partial charge in [0.25, 0.3) is 11.8 Å². The first kappa shape index (κ1) is 21.0. The van der Waals surface area contributed by atoms with Crippen LogP contribution in [0.25, 0.3) is 11.8 Å². The summed E-state index contributed by atoms with van der Waals surface area (Å²) in [7, 11) is 1.54. The molecule has 1 aliphatic rings. The molecule has 2 heterocycles. The van der Waals surface area contributed by atoms with E-state index in [-0.39, 0.29) is 16.2 Å². The molecule has 2 amide bonds. The molecule has 9 heteroatoms. The number of aromatic nitrogens is 1. The number of hydrogen-bond acceptors (Lipinski definition) is 5. The van der Waals surface area contributed by atoms with Crippen molar-refractivity contribution >= 4 is 46.9 Å². The van der Waals surface area contributed by atoms with Crippen LogP contribution >= 0.6 is 12.2 Å². The third-order valence-corrected chi connectivity index (χ3v) is 5.16. The summed E-state index contributed by atoms with van der Waals surface area (Å²) >= 11 is 5.22. The number of carboxylic acids is 1. The van der Waals surface area contributed by atoms with E-state index < -0.39 is 17.8 Å². The molecule has 1 aromatic heterocycles. The zero-order valence-electron chi connectivity index (χ0n) is 16.8. The van der Waals surface area contributed by atoms with Gasteiger partial charge in [-0.25, -0.2) is 4.79 Å². The predicted octanol–water partition coefficient (Wildman–Crippen LogP) is 3.02. The maximum Gasteiger partial charge on any atom is 0.335 e. The molecule has 1 saturated heterocycles. The van der Waals surface area contributed by atoms with E-state index in [1.807, 2.05) is 0 Å². The van der Waals surface area contributed by atoms with Crippen molar-refractivity contribution < 1.29 is 24.2 Å². The Balaban J connectivity index is 1.72. The average molecular weight is 447 g/mol. The second kappa shape index (κ2) is 8.48. The molecule has 0 unspecified atom stereocenters. The lowest BCUT2D eigenvalue weighted by molar-refractivity contribution is -0.122. The van der Waals surface area contributed by atoms with Gasteiger partial charge in [0.1, 0.15) is 11.3 Å². The van der Waals surface area contributed by atoms with Crippen LogP contribution in [0.1, 0.15) is 16.1 Å². The van der Waals surface area contributed by atoms with Crippen LogP contribution in [0.15, 0.2) is 72.4 Å². The summed E-state index contributed by atoms with van der Waals surface area (Å²) in [6, 6.07) is 16.5. The summed E-state index contributed by atoms with van der Waals surface area (Å²) in [6.07, 6.45) is 3.16. The number of methoxy groups -OCH3 is 1. The fourth-order valence-corrected chi connectivity index (χ4v) is 3.59. The second-order valence-corrected chi connectivity index (χ2v) is 7.20. The van der Waals surface area contributed by atoms with E-state index in [4.69, 9.17) is 17.0 Å². The summed E-state index contributed by atoms with van der Waals surface area (Å²) in [6.45, 7) is 0. The number of nitrogens with zero attached hydrogens (tertiary/aromatic N) is 2. The number of carbonyl (C=O) groups is 3. The SMILES string of the molecule is COc1ccc(N2C(=O)/C(=C/c3cccn3-c3cccc(C(=O)O)c3)C(=O)NC2=S)cc1. The van der Waals surface area contributed by atoms with Crippen LogP contribution in [-0.2, 0) is 9.59 Å². The van der Waals surface area contributed by atoms with Gasteiger partial charge in [-0.2, -0.15) is 0 Å². The molecule has 160 valence electrons. The number of aromatic carboxylic acids is 1. The minimum atomic E-state index is -1.05. The molecule has 0 spiro atoms. The van der Waals surface area contributed by atoms with E-state index >= 15 is 0 Å². The number of amides is 2. The van der Waals surface area contributed by atoms with Gasteiger partial charge >= 0.3 is 5.97 Å². The van der Waals surface area contributed by atoms with Crippen LogP contribution in [0.4, 0.5) is 5.69 Å². The molecule has 32 heavy (non-hydrogen) atoms. The number of carbonyl (C=O) groups excluding carboxylic acids is 2. The lowest BCUT2D eigenvalue weighted by atomic mass is 10.1. The quantitative estimate of drug-likeness (QED) is 0.354. The normalized spacial score (nSPS) is 15.1. The zero-order chi connectivity index (χ0) is 22.8. The number of thiocarbonyl (C=S) groups is 1. The van der Waals surface area contributed by atoms with Crippen LogP contribution in [-0.4, -0.2) is 39.7 Å². The van der Waals surface area contributed by atoms with Gasteiger partial charge < -0.3 is 14.4 Å². The van der Waals surface area contributed by atoms with E-state index in [1.54, 1.807) is 59.3 Å². The van der Waals surface area contributed by atoms with E-state index in [9.17, 15) is 19.5 Å². The Morgan fingerprint density at radius 1 is 1.06 bits per heavy atom. The lowest BCUT2D eigenvalue weighted by Crippen LogP contribution is -2.54. The number of ether oxygens (including phenoxy) is 1. The standard InChI is InChI=1S/C23H17N3O5S/c1-31-18-9-7-15(8-10-18)26-21(28)19(20(27)24-23(26)32)13-17-6-3-11-25(17)16-5-2-4-14(12-16)22(29)30/h2-13H,1H3,(H,29,30)(H,24,27,32)/b19-13+. The molecule has 3 aromatic rings. The van der Waals surface area contributed by atoms with Crippen LogP contribution in [0.5, 0.6) is 5.75 Å². The van der Waals surface area contributed by atoms with E-state index in [0.29, 0.717) is 22.8 Å². The molecule has 2 aromatic carbocycles. The Bertz CT molecular complexity index is 1280. The maximum absolute atomic E-state index is 13.2. The molecular weight excluding hydrogens is 430 g/mol. The molecule has 0 radical (unpaired) electrons. The van der Waals surface area contributed by atoms with Crippen molar-refractivity contribution in [3.8, 4) is 11.4 Å². The van der Waals surface area contributed by atoms with Crippen molar-refractivity contribution in [3.63, 3.8) is 0 Å². The van der Waals surface area contributed by atoms with Crippen LogP contribution in [0, 0.1) is 0 Å². The van der Waals surface area contributed by atoms with Crippen LogP contribution < -0.4 is 15.0 Å². The summed E-state index contributed by atoms with van der Waals surface area (Å²) < 4.78 is 6.83. The summed E-state index contributed by atoms with van der Waals surface area (Å²) in [5, 5.41) is 11.8. The average Bonchev–Trinajstić information content (AvgIpc) is 3.25. The molecule has 1 aliphatic heterocycles. The van der Waals surface area contributed by atoms with Crippen LogP contribution in [0.3, 0.4) is 0 Å². The van der Waals surface area contributed by atoms with Gasteiger partial charge in [0.2, 0.25) is 0 Å². The number of nitrogens with one attached hydrogen (secondary N) is 1. The first-order chi connectivity index (χ1) is 15.4. The highest BCUT2D eigenvalue weighted by Crippen LogP contribution is 2.25. The highest BCUT2D eigenvalue weighted by molar-refractivity contribution is 7.80. The molecule has 4 rings (SSSR count). The molecule has 1 fully saturated rings.